The van der Waals surface area contributed by atoms with E-state index in [4.69, 9.17) is 19.4 Å². The molecule has 3 aromatic heterocycles. The summed E-state index contributed by atoms with van der Waals surface area (Å²) in [5.74, 6) is -0.448. The van der Waals surface area contributed by atoms with E-state index in [0.717, 1.165) is 4.88 Å². The van der Waals surface area contributed by atoms with Gasteiger partial charge in [-0.05, 0) is 17.0 Å². The van der Waals surface area contributed by atoms with Crippen LogP contribution in [0.2, 0.25) is 0 Å². The van der Waals surface area contributed by atoms with Crippen LogP contribution in [0.1, 0.15) is 11.1 Å². The third-order valence-electron chi connectivity index (χ3n) is 7.52. The summed E-state index contributed by atoms with van der Waals surface area (Å²) >= 11 is 2.71. The number of aliphatic hydroxyl groups excluding tert-OH is 3. The number of hydrogen-bond acceptors (Lipinski definition) is 17. The number of nitrogen functional groups attached to an aromatic ring is 1. The van der Waals surface area contributed by atoms with Gasteiger partial charge < -0.3 is 35.8 Å². The molecule has 2 saturated heterocycles. The number of carbonyl (C=O) groups excluding carboxylic acids is 3. The molecule has 22 heteroatoms. The van der Waals surface area contributed by atoms with Crippen molar-refractivity contribution in [3.8, 4) is 0 Å². The smallest absolute Gasteiger partial charge is 0.423 e. The molecule has 3 aliphatic heterocycles. The zero-order valence-corrected chi connectivity index (χ0v) is 26.5. The topological polar surface area (TPSA) is 271 Å². The number of nitrogens with two attached hydrogens (primary N) is 1. The van der Waals surface area contributed by atoms with E-state index < -0.39 is 78.1 Å². The lowest BCUT2D eigenvalue weighted by Gasteiger charge is -2.50. The number of nitrogens with one attached hydrogen (secondary N) is 2. The predicted octanol–water partition coefficient (Wildman–Crippen LogP) is -2.03. The molecule has 0 bridgehead atoms. The van der Waals surface area contributed by atoms with Gasteiger partial charge in [0, 0.05) is 10.6 Å². The number of aromatic nitrogens is 4. The Kier molecular flexibility index (Phi) is 9.35. The highest BCUT2D eigenvalue weighted by molar-refractivity contribution is 8.00. The van der Waals surface area contributed by atoms with Crippen LogP contribution in [0.5, 0.6) is 0 Å². The minimum absolute atomic E-state index is 0.0784. The Bertz CT molecular complexity index is 1820. The Morgan fingerprint density at radius 1 is 1.21 bits per heavy atom. The van der Waals surface area contributed by atoms with Crippen molar-refractivity contribution in [1.82, 2.24) is 34.5 Å². The molecule has 3 aliphatic rings. The number of thiophene rings is 1. The van der Waals surface area contributed by atoms with Crippen LogP contribution in [0, 0.1) is 0 Å². The molecule has 0 spiro atoms. The van der Waals surface area contributed by atoms with Crippen molar-refractivity contribution in [1.29, 1.82) is 0 Å². The van der Waals surface area contributed by atoms with E-state index in [0.29, 0.717) is 5.57 Å². The zero-order valence-electron chi connectivity index (χ0n) is 24.0. The van der Waals surface area contributed by atoms with Crippen molar-refractivity contribution in [2.75, 3.05) is 31.3 Å². The number of rotatable bonds is 11. The summed E-state index contributed by atoms with van der Waals surface area (Å²) in [4.78, 5) is 51.7. The Labute approximate surface area is 274 Å². The summed E-state index contributed by atoms with van der Waals surface area (Å²) in [7, 11) is -4.78. The van der Waals surface area contributed by atoms with E-state index in [-0.39, 0.29) is 40.8 Å². The van der Waals surface area contributed by atoms with Crippen LogP contribution in [-0.2, 0) is 40.0 Å². The molecule has 252 valence electrons. The quantitative estimate of drug-likeness (QED) is 0.117. The maximum Gasteiger partial charge on any atom is 0.423 e. The van der Waals surface area contributed by atoms with E-state index in [1.807, 2.05) is 17.5 Å². The summed E-state index contributed by atoms with van der Waals surface area (Å²) in [6, 6.07) is 2.85. The molecule has 0 aromatic carbocycles. The average Bonchev–Trinajstić information content (AvgIpc) is 3.78. The lowest BCUT2D eigenvalue weighted by atomic mass is 10.0. The molecule has 0 unspecified atom stereocenters. The van der Waals surface area contributed by atoms with Gasteiger partial charge in [-0.1, -0.05) is 6.07 Å². The van der Waals surface area contributed by atoms with Gasteiger partial charge in [-0.15, -0.1) is 23.1 Å². The van der Waals surface area contributed by atoms with Crippen molar-refractivity contribution in [2.24, 2.45) is 0 Å². The highest BCUT2D eigenvalue weighted by Crippen LogP contribution is 2.40. The van der Waals surface area contributed by atoms with Gasteiger partial charge >= 0.3 is 16.4 Å². The maximum atomic E-state index is 12.8. The number of aliphatic hydroxyl groups is 3. The highest BCUT2D eigenvalue weighted by Gasteiger charge is 2.52. The first-order chi connectivity index (χ1) is 22.5. The van der Waals surface area contributed by atoms with Crippen molar-refractivity contribution >= 4 is 68.3 Å². The minimum Gasteiger partial charge on any atom is -0.444 e. The van der Waals surface area contributed by atoms with Gasteiger partial charge in [0.05, 0.1) is 31.7 Å². The Hall–Kier alpha value is -3.90. The molecule has 19 nitrogen and oxygen atoms in total. The molecule has 6 atom stereocenters. The van der Waals surface area contributed by atoms with Crippen molar-refractivity contribution in [3.05, 3.63) is 46.3 Å². The van der Waals surface area contributed by atoms with E-state index in [9.17, 15) is 38.1 Å². The van der Waals surface area contributed by atoms with Crippen LogP contribution < -0.4 is 15.8 Å². The second kappa shape index (κ2) is 13.3. The Morgan fingerprint density at radius 3 is 2.77 bits per heavy atom. The zero-order chi connectivity index (χ0) is 33.5. The van der Waals surface area contributed by atoms with Gasteiger partial charge in [-0.25, -0.2) is 19.7 Å². The number of β-lactam (4-membered cyclic amide) rings is 1. The SMILES string of the molecule is Nc1ncnc2c1ncn2[C@@H]1O[C@H](COS(=O)(=O)NC(=O)OCC2=C(CO)N3C(=O)[C@@H](NC(=O)Cc4cccs4)[C@H]3SC2)[C@@H](O)[C@H]1O. The third-order valence-corrected chi connectivity index (χ3v) is 10.6. The molecule has 6 rings (SSSR count). The molecular formula is C25H28N8O11S3. The van der Waals surface area contributed by atoms with Gasteiger partial charge in [0.1, 0.15) is 48.2 Å². The Balaban J connectivity index is 0.996. The summed E-state index contributed by atoms with van der Waals surface area (Å²) in [6.07, 6.45) is -4.54. The van der Waals surface area contributed by atoms with Crippen LogP contribution in [0.15, 0.2) is 41.4 Å². The molecule has 3 amide bonds. The summed E-state index contributed by atoms with van der Waals surface area (Å²) in [6.45, 7) is -1.81. The standard InChI is InChI=1S/C25H28N8O11S3/c26-20-16-21(28-9-27-20)32(10-29-16)23-19(37)18(36)14(44-23)7-43-47(40,41)31-25(39)42-6-11-8-46-24-17(22(38)33(24)13(11)5-34)30-15(35)4-12-2-1-3-45-12/h1-3,9-10,14,17-19,23-24,34,36-37H,4-8H2,(H,30,35)(H,31,39)(H2,26,27,28)/t14-,17-,18-,19-,23-,24-/m1/s1. The normalized spacial score (nSPS) is 25.9. The molecule has 0 radical (unpaired) electrons. The van der Waals surface area contributed by atoms with Gasteiger partial charge in [0.25, 0.3) is 5.91 Å². The summed E-state index contributed by atoms with van der Waals surface area (Å²) in [5, 5.41) is 35.1. The number of anilines is 1. The predicted molar refractivity (Wildman–Crippen MR) is 162 cm³/mol. The average molecular weight is 713 g/mol. The molecule has 0 saturated carbocycles. The van der Waals surface area contributed by atoms with Crippen molar-refractivity contribution in [2.45, 2.75) is 42.4 Å². The first-order valence-corrected chi connectivity index (χ1v) is 17.2. The van der Waals surface area contributed by atoms with Gasteiger partial charge in [-0.2, -0.15) is 13.1 Å². The van der Waals surface area contributed by atoms with Gasteiger partial charge in [0.15, 0.2) is 17.7 Å². The first-order valence-electron chi connectivity index (χ1n) is 13.8. The van der Waals surface area contributed by atoms with E-state index >= 15 is 0 Å². The van der Waals surface area contributed by atoms with Gasteiger partial charge in [0.2, 0.25) is 5.91 Å². The van der Waals surface area contributed by atoms with Gasteiger partial charge in [-0.3, -0.25) is 23.2 Å². The fourth-order valence-corrected chi connectivity index (χ4v) is 7.94. The molecule has 6 heterocycles. The molecular weight excluding hydrogens is 685 g/mol. The second-order valence-corrected chi connectivity index (χ2v) is 14.0. The largest absolute Gasteiger partial charge is 0.444 e. The monoisotopic (exact) mass is 712 g/mol. The number of hydrogen-bond donors (Lipinski definition) is 6. The van der Waals surface area contributed by atoms with Crippen molar-refractivity contribution < 1.29 is 51.8 Å². The number of amides is 3. The van der Waals surface area contributed by atoms with Crippen LogP contribution in [-0.4, -0.2) is 121 Å². The summed E-state index contributed by atoms with van der Waals surface area (Å²) < 4.78 is 43.1. The number of fused-ring (bicyclic) bond motifs is 2. The van der Waals surface area contributed by atoms with Crippen LogP contribution >= 0.6 is 23.1 Å². The Morgan fingerprint density at radius 2 is 2.02 bits per heavy atom. The number of carbonyl (C=O) groups is 3. The van der Waals surface area contributed by atoms with E-state index in [1.165, 1.54) is 45.2 Å². The van der Waals surface area contributed by atoms with E-state index in [2.05, 4.69) is 20.3 Å². The molecule has 2 fully saturated rings. The molecule has 3 aromatic rings. The fraction of sp³-hybridized carbons (Fsp3) is 0.440. The first kappa shape index (κ1) is 33.0. The minimum atomic E-state index is -4.78. The third kappa shape index (κ3) is 6.62. The molecule has 0 aliphatic carbocycles. The summed E-state index contributed by atoms with van der Waals surface area (Å²) in [5.41, 5.74) is 6.75. The number of imidazole rings is 1. The van der Waals surface area contributed by atoms with Crippen LogP contribution in [0.3, 0.4) is 0 Å². The number of ether oxygens (including phenoxy) is 2. The van der Waals surface area contributed by atoms with E-state index in [1.54, 1.807) is 4.72 Å². The number of thioether (sulfide) groups is 1. The molecule has 7 N–H and O–H groups in total. The lowest BCUT2D eigenvalue weighted by Crippen LogP contribution is -2.70. The molecule has 47 heavy (non-hydrogen) atoms. The highest BCUT2D eigenvalue weighted by atomic mass is 32.2. The van der Waals surface area contributed by atoms with Crippen LogP contribution in [0.4, 0.5) is 10.6 Å². The number of nitrogens with zero attached hydrogens (tertiary/aromatic N) is 5. The van der Waals surface area contributed by atoms with Crippen molar-refractivity contribution in [3.63, 3.8) is 0 Å². The second-order valence-electron chi connectivity index (χ2n) is 10.5. The lowest BCUT2D eigenvalue weighted by molar-refractivity contribution is -0.146. The van der Waals surface area contributed by atoms with Crippen LogP contribution in [0.25, 0.3) is 11.2 Å². The maximum absolute atomic E-state index is 12.8. The fourth-order valence-electron chi connectivity index (χ4n) is 5.23.